The number of piperidine rings is 1. The van der Waals surface area contributed by atoms with Crippen LogP contribution in [-0.2, 0) is 6.42 Å². The number of anilines is 1. The van der Waals surface area contributed by atoms with E-state index >= 15 is 0 Å². The van der Waals surface area contributed by atoms with Gasteiger partial charge >= 0.3 is 0 Å². The van der Waals surface area contributed by atoms with Crippen LogP contribution in [0.3, 0.4) is 0 Å². The van der Waals surface area contributed by atoms with Crippen LogP contribution in [0.25, 0.3) is 0 Å². The molecule has 0 radical (unpaired) electrons. The molecule has 1 fully saturated rings. The largest absolute Gasteiger partial charge is 0.352 e. The van der Waals surface area contributed by atoms with E-state index in [0.29, 0.717) is 12.1 Å². The molecule has 3 rings (SSSR count). The standard InChI is InChI=1S/C20H26N4O/c1-15-9-12-24(13-10-15)20-22-14-18(16(2)23-20)19(25)21-11-8-17-6-4-3-5-7-17/h3-7,14-15H,8-13H2,1-2H3,(H,21,25). The van der Waals surface area contributed by atoms with Crippen molar-refractivity contribution in [2.45, 2.75) is 33.1 Å². The number of nitrogens with zero attached hydrogens (tertiary/aromatic N) is 3. The fourth-order valence-electron chi connectivity index (χ4n) is 3.10. The van der Waals surface area contributed by atoms with Gasteiger partial charge in [0.25, 0.3) is 5.91 Å². The summed E-state index contributed by atoms with van der Waals surface area (Å²) in [6, 6.07) is 10.1. The average molecular weight is 338 g/mol. The van der Waals surface area contributed by atoms with Gasteiger partial charge in [0.1, 0.15) is 0 Å². The van der Waals surface area contributed by atoms with Crippen molar-refractivity contribution >= 4 is 11.9 Å². The Labute approximate surface area is 149 Å². The van der Waals surface area contributed by atoms with E-state index in [1.807, 2.05) is 25.1 Å². The Balaban J connectivity index is 1.57. The number of amides is 1. The number of rotatable bonds is 5. The van der Waals surface area contributed by atoms with E-state index < -0.39 is 0 Å². The number of hydrogen-bond acceptors (Lipinski definition) is 4. The molecule has 0 spiro atoms. The molecular formula is C20H26N4O. The first-order chi connectivity index (χ1) is 12.1. The highest BCUT2D eigenvalue weighted by Gasteiger charge is 2.19. The second-order valence-electron chi connectivity index (χ2n) is 6.83. The molecule has 1 aliphatic rings. The molecule has 0 unspecified atom stereocenters. The summed E-state index contributed by atoms with van der Waals surface area (Å²) in [5.41, 5.74) is 2.51. The Kier molecular flexibility index (Phi) is 5.64. The number of carbonyl (C=O) groups excluding carboxylic acids is 1. The number of benzene rings is 1. The molecule has 1 amide bonds. The second kappa shape index (κ2) is 8.10. The third kappa shape index (κ3) is 4.56. The van der Waals surface area contributed by atoms with Crippen molar-refractivity contribution in [3.63, 3.8) is 0 Å². The number of aromatic nitrogens is 2. The number of aryl methyl sites for hydroxylation is 1. The molecule has 5 heteroatoms. The van der Waals surface area contributed by atoms with Gasteiger partial charge in [0.2, 0.25) is 5.95 Å². The minimum atomic E-state index is -0.104. The summed E-state index contributed by atoms with van der Waals surface area (Å²) < 4.78 is 0. The quantitative estimate of drug-likeness (QED) is 0.910. The number of nitrogens with one attached hydrogen (secondary N) is 1. The van der Waals surface area contributed by atoms with Crippen molar-refractivity contribution in [3.05, 3.63) is 53.3 Å². The van der Waals surface area contributed by atoms with Gasteiger partial charge in [0.15, 0.2) is 0 Å². The maximum Gasteiger partial charge on any atom is 0.254 e. The maximum atomic E-state index is 12.4. The van der Waals surface area contributed by atoms with Gasteiger partial charge in [-0.3, -0.25) is 4.79 Å². The molecule has 2 heterocycles. The lowest BCUT2D eigenvalue weighted by molar-refractivity contribution is 0.0952. The van der Waals surface area contributed by atoms with Crippen LogP contribution in [0.1, 0.15) is 41.4 Å². The molecule has 0 bridgehead atoms. The zero-order valence-electron chi connectivity index (χ0n) is 15.0. The zero-order chi connectivity index (χ0) is 17.6. The summed E-state index contributed by atoms with van der Waals surface area (Å²) in [6.45, 7) is 6.75. The SMILES string of the molecule is Cc1nc(N2CCC(C)CC2)ncc1C(=O)NCCc1ccccc1. The normalized spacial score (nSPS) is 15.2. The monoisotopic (exact) mass is 338 g/mol. The minimum absolute atomic E-state index is 0.104. The van der Waals surface area contributed by atoms with Crippen LogP contribution < -0.4 is 10.2 Å². The van der Waals surface area contributed by atoms with Crippen molar-refractivity contribution in [1.82, 2.24) is 15.3 Å². The van der Waals surface area contributed by atoms with E-state index in [1.54, 1.807) is 6.20 Å². The Hall–Kier alpha value is -2.43. The van der Waals surface area contributed by atoms with Crippen molar-refractivity contribution in [2.75, 3.05) is 24.5 Å². The van der Waals surface area contributed by atoms with Crippen LogP contribution in [-0.4, -0.2) is 35.5 Å². The van der Waals surface area contributed by atoms with E-state index in [9.17, 15) is 4.79 Å². The summed E-state index contributed by atoms with van der Waals surface area (Å²) in [5, 5.41) is 2.96. The minimum Gasteiger partial charge on any atom is -0.352 e. The second-order valence-corrected chi connectivity index (χ2v) is 6.83. The summed E-state index contributed by atoms with van der Waals surface area (Å²) >= 11 is 0. The van der Waals surface area contributed by atoms with Crippen molar-refractivity contribution < 1.29 is 4.79 Å². The first-order valence-electron chi connectivity index (χ1n) is 9.04. The third-order valence-corrected chi connectivity index (χ3v) is 4.82. The first-order valence-corrected chi connectivity index (χ1v) is 9.04. The smallest absolute Gasteiger partial charge is 0.254 e. The van der Waals surface area contributed by atoms with E-state index in [-0.39, 0.29) is 5.91 Å². The number of carbonyl (C=O) groups is 1. The van der Waals surface area contributed by atoms with Crippen LogP contribution >= 0.6 is 0 Å². The molecule has 0 atom stereocenters. The molecular weight excluding hydrogens is 312 g/mol. The number of hydrogen-bond donors (Lipinski definition) is 1. The van der Waals surface area contributed by atoms with Crippen molar-refractivity contribution in [3.8, 4) is 0 Å². The summed E-state index contributed by atoms with van der Waals surface area (Å²) in [6.07, 6.45) is 4.82. The third-order valence-electron chi connectivity index (χ3n) is 4.82. The first kappa shape index (κ1) is 17.4. The van der Waals surface area contributed by atoms with Crippen LogP contribution in [0.2, 0.25) is 0 Å². The van der Waals surface area contributed by atoms with Gasteiger partial charge < -0.3 is 10.2 Å². The Morgan fingerprint density at radius 2 is 1.96 bits per heavy atom. The van der Waals surface area contributed by atoms with Gasteiger partial charge in [0, 0.05) is 25.8 Å². The molecule has 5 nitrogen and oxygen atoms in total. The Bertz CT molecular complexity index is 709. The van der Waals surface area contributed by atoms with Crippen LogP contribution in [0.5, 0.6) is 0 Å². The molecule has 2 aromatic rings. The fraction of sp³-hybridized carbons (Fsp3) is 0.450. The van der Waals surface area contributed by atoms with Gasteiger partial charge in [-0.05, 0) is 37.7 Å². The molecule has 0 saturated carbocycles. The van der Waals surface area contributed by atoms with Gasteiger partial charge in [-0.25, -0.2) is 9.97 Å². The van der Waals surface area contributed by atoms with Gasteiger partial charge in [-0.2, -0.15) is 0 Å². The maximum absolute atomic E-state index is 12.4. The molecule has 25 heavy (non-hydrogen) atoms. The lowest BCUT2D eigenvalue weighted by Gasteiger charge is -2.30. The Morgan fingerprint density at radius 3 is 2.64 bits per heavy atom. The van der Waals surface area contributed by atoms with Gasteiger partial charge in [-0.1, -0.05) is 37.3 Å². The molecule has 0 aliphatic carbocycles. The predicted octanol–water partition coefficient (Wildman–Crippen LogP) is 2.99. The summed E-state index contributed by atoms with van der Waals surface area (Å²) in [4.78, 5) is 23.6. The predicted molar refractivity (Wildman–Crippen MR) is 99.9 cm³/mol. The molecule has 1 N–H and O–H groups in total. The lowest BCUT2D eigenvalue weighted by Crippen LogP contribution is -2.34. The van der Waals surface area contributed by atoms with E-state index in [1.165, 1.54) is 18.4 Å². The summed E-state index contributed by atoms with van der Waals surface area (Å²) in [7, 11) is 0. The van der Waals surface area contributed by atoms with Crippen LogP contribution in [0.4, 0.5) is 5.95 Å². The molecule has 1 saturated heterocycles. The van der Waals surface area contributed by atoms with Gasteiger partial charge in [-0.15, -0.1) is 0 Å². The highest BCUT2D eigenvalue weighted by Crippen LogP contribution is 2.20. The topological polar surface area (TPSA) is 58.1 Å². The fourth-order valence-corrected chi connectivity index (χ4v) is 3.10. The van der Waals surface area contributed by atoms with E-state index in [4.69, 9.17) is 0 Å². The van der Waals surface area contributed by atoms with Crippen molar-refractivity contribution in [1.29, 1.82) is 0 Å². The average Bonchev–Trinajstić information content (AvgIpc) is 2.63. The van der Waals surface area contributed by atoms with Gasteiger partial charge in [0.05, 0.1) is 11.3 Å². The highest BCUT2D eigenvalue weighted by atomic mass is 16.1. The van der Waals surface area contributed by atoms with Crippen molar-refractivity contribution in [2.24, 2.45) is 5.92 Å². The summed E-state index contributed by atoms with van der Waals surface area (Å²) in [5.74, 6) is 1.41. The van der Waals surface area contributed by atoms with Crippen LogP contribution in [0, 0.1) is 12.8 Å². The molecule has 1 aliphatic heterocycles. The van der Waals surface area contributed by atoms with E-state index in [0.717, 1.165) is 37.1 Å². The Morgan fingerprint density at radius 1 is 1.24 bits per heavy atom. The van der Waals surface area contributed by atoms with E-state index in [2.05, 4.69) is 39.2 Å². The molecule has 1 aromatic carbocycles. The van der Waals surface area contributed by atoms with Crippen LogP contribution in [0.15, 0.2) is 36.5 Å². The lowest BCUT2D eigenvalue weighted by atomic mass is 10.00. The highest BCUT2D eigenvalue weighted by molar-refractivity contribution is 5.95. The molecule has 1 aromatic heterocycles. The molecule has 132 valence electrons. The zero-order valence-corrected chi connectivity index (χ0v) is 15.0.